The molecule has 0 spiro atoms. The maximum absolute atomic E-state index is 8.95. The van der Waals surface area contributed by atoms with Gasteiger partial charge in [-0.1, -0.05) is 19.8 Å². The van der Waals surface area contributed by atoms with Crippen LogP contribution in [0.2, 0.25) is 0 Å². The molecule has 1 nitrogen and oxygen atoms in total. The summed E-state index contributed by atoms with van der Waals surface area (Å²) in [4.78, 5) is 0. The van der Waals surface area contributed by atoms with Gasteiger partial charge >= 0.3 is 0 Å². The van der Waals surface area contributed by atoms with E-state index in [4.69, 9.17) is 5.11 Å². The summed E-state index contributed by atoms with van der Waals surface area (Å²) in [6, 6.07) is 0. The van der Waals surface area contributed by atoms with Crippen LogP contribution in [0.15, 0.2) is 11.8 Å². The van der Waals surface area contributed by atoms with E-state index < -0.39 is 0 Å². The summed E-state index contributed by atoms with van der Waals surface area (Å²) in [6.45, 7) is 4.02. The number of hydrogen-bond donors (Lipinski definition) is 1. The van der Waals surface area contributed by atoms with Crippen molar-refractivity contribution < 1.29 is 5.11 Å². The zero-order valence-electron chi connectivity index (χ0n) is 6.35. The number of aliphatic hydroxyl groups excluding tert-OH is 1. The van der Waals surface area contributed by atoms with Crippen LogP contribution in [0.25, 0.3) is 0 Å². The third kappa shape index (κ3) is 5.41. The average Bonchev–Trinajstić information content (AvgIpc) is 1.89. The van der Waals surface area contributed by atoms with Crippen LogP contribution >= 0.6 is 0 Å². The Kier molecular flexibility index (Phi) is 5.38. The SMILES string of the molecule is CC=C(O)CCCCC. The number of hydrogen-bond acceptors (Lipinski definition) is 1. The summed E-state index contributed by atoms with van der Waals surface area (Å²) in [6.07, 6.45) is 6.17. The van der Waals surface area contributed by atoms with E-state index >= 15 is 0 Å². The fourth-order valence-corrected chi connectivity index (χ4v) is 0.700. The Morgan fingerprint density at radius 2 is 2.11 bits per heavy atom. The minimum absolute atomic E-state index is 0.531. The van der Waals surface area contributed by atoms with E-state index in [0.717, 1.165) is 12.8 Å². The third-order valence-corrected chi connectivity index (χ3v) is 1.37. The molecule has 1 heteroatoms. The fraction of sp³-hybridized carbons (Fsp3) is 0.750. The van der Waals surface area contributed by atoms with Crippen LogP contribution < -0.4 is 0 Å². The van der Waals surface area contributed by atoms with Gasteiger partial charge in [-0.25, -0.2) is 0 Å². The first kappa shape index (κ1) is 8.54. The molecule has 0 rings (SSSR count). The lowest BCUT2D eigenvalue weighted by atomic mass is 10.2. The number of unbranched alkanes of at least 4 members (excludes halogenated alkanes) is 2. The van der Waals surface area contributed by atoms with Crippen molar-refractivity contribution in [2.75, 3.05) is 0 Å². The van der Waals surface area contributed by atoms with Crippen LogP contribution in [0.5, 0.6) is 0 Å². The molecule has 54 valence electrons. The van der Waals surface area contributed by atoms with E-state index in [1.165, 1.54) is 12.8 Å². The molecule has 9 heavy (non-hydrogen) atoms. The molecule has 0 aliphatic heterocycles. The maximum Gasteiger partial charge on any atom is 0.0880 e. The van der Waals surface area contributed by atoms with E-state index in [2.05, 4.69) is 6.92 Å². The van der Waals surface area contributed by atoms with Gasteiger partial charge in [0.15, 0.2) is 0 Å². The van der Waals surface area contributed by atoms with Crippen LogP contribution in [-0.4, -0.2) is 5.11 Å². The minimum atomic E-state index is 0.531. The second-order valence-electron chi connectivity index (χ2n) is 2.24. The molecule has 0 aromatic heterocycles. The van der Waals surface area contributed by atoms with E-state index in [1.807, 2.05) is 6.92 Å². The van der Waals surface area contributed by atoms with Crippen molar-refractivity contribution in [3.63, 3.8) is 0 Å². The summed E-state index contributed by atoms with van der Waals surface area (Å²) in [5, 5.41) is 8.95. The lowest BCUT2D eigenvalue weighted by Crippen LogP contribution is -1.80. The molecule has 0 aliphatic rings. The highest BCUT2D eigenvalue weighted by Gasteiger charge is 1.89. The van der Waals surface area contributed by atoms with Gasteiger partial charge in [-0.05, 0) is 19.4 Å². The Hall–Kier alpha value is -0.460. The van der Waals surface area contributed by atoms with Gasteiger partial charge in [-0.2, -0.15) is 0 Å². The molecule has 0 amide bonds. The third-order valence-electron chi connectivity index (χ3n) is 1.37. The van der Waals surface area contributed by atoms with Gasteiger partial charge in [-0.3, -0.25) is 0 Å². The molecule has 0 atom stereocenters. The summed E-state index contributed by atoms with van der Waals surface area (Å²) >= 11 is 0. The molecule has 0 saturated carbocycles. The van der Waals surface area contributed by atoms with Crippen molar-refractivity contribution in [3.05, 3.63) is 11.8 Å². The summed E-state index contributed by atoms with van der Waals surface area (Å²) in [7, 11) is 0. The fourth-order valence-electron chi connectivity index (χ4n) is 0.700. The Bertz CT molecular complexity index is 84.6. The quantitative estimate of drug-likeness (QED) is 0.455. The first-order valence-electron chi connectivity index (χ1n) is 3.65. The van der Waals surface area contributed by atoms with Gasteiger partial charge in [0, 0.05) is 6.42 Å². The van der Waals surface area contributed by atoms with Gasteiger partial charge in [0.1, 0.15) is 0 Å². The lowest BCUT2D eigenvalue weighted by molar-refractivity contribution is 0.380. The monoisotopic (exact) mass is 128 g/mol. The number of rotatable bonds is 4. The summed E-state index contributed by atoms with van der Waals surface area (Å²) in [5.74, 6) is 0.531. The van der Waals surface area contributed by atoms with Crippen LogP contribution in [0.4, 0.5) is 0 Å². The van der Waals surface area contributed by atoms with E-state index in [9.17, 15) is 0 Å². The summed E-state index contributed by atoms with van der Waals surface area (Å²) < 4.78 is 0. The van der Waals surface area contributed by atoms with E-state index in [0.29, 0.717) is 5.76 Å². The molecule has 0 aromatic rings. The molecule has 0 radical (unpaired) electrons. The van der Waals surface area contributed by atoms with E-state index in [-0.39, 0.29) is 0 Å². The maximum atomic E-state index is 8.95. The summed E-state index contributed by atoms with van der Waals surface area (Å²) in [5.41, 5.74) is 0. The Balaban J connectivity index is 3.07. The van der Waals surface area contributed by atoms with Crippen molar-refractivity contribution in [2.24, 2.45) is 0 Å². The van der Waals surface area contributed by atoms with Crippen LogP contribution in [-0.2, 0) is 0 Å². The lowest BCUT2D eigenvalue weighted by Gasteiger charge is -1.95. The van der Waals surface area contributed by atoms with Crippen molar-refractivity contribution in [1.29, 1.82) is 0 Å². The Labute approximate surface area is 57.4 Å². The molecule has 0 unspecified atom stereocenters. The molecule has 0 heterocycles. The van der Waals surface area contributed by atoms with Gasteiger partial charge in [-0.15, -0.1) is 0 Å². The van der Waals surface area contributed by atoms with Crippen molar-refractivity contribution in [3.8, 4) is 0 Å². The Morgan fingerprint density at radius 1 is 1.44 bits per heavy atom. The van der Waals surface area contributed by atoms with Gasteiger partial charge in [0.05, 0.1) is 5.76 Å². The van der Waals surface area contributed by atoms with Gasteiger partial charge < -0.3 is 5.11 Å². The first-order valence-corrected chi connectivity index (χ1v) is 3.65. The highest BCUT2D eigenvalue weighted by Crippen LogP contribution is 2.04. The second-order valence-corrected chi connectivity index (χ2v) is 2.24. The zero-order valence-corrected chi connectivity index (χ0v) is 6.35. The van der Waals surface area contributed by atoms with Crippen LogP contribution in [0.1, 0.15) is 39.5 Å². The molecular weight excluding hydrogens is 112 g/mol. The molecule has 0 bridgehead atoms. The molecule has 0 fully saturated rings. The predicted molar refractivity (Wildman–Crippen MR) is 40.5 cm³/mol. The van der Waals surface area contributed by atoms with E-state index in [1.54, 1.807) is 6.08 Å². The second kappa shape index (κ2) is 5.67. The smallest absolute Gasteiger partial charge is 0.0880 e. The highest BCUT2D eigenvalue weighted by molar-refractivity contribution is 4.86. The van der Waals surface area contributed by atoms with Crippen molar-refractivity contribution >= 4 is 0 Å². The van der Waals surface area contributed by atoms with Crippen molar-refractivity contribution in [2.45, 2.75) is 39.5 Å². The highest BCUT2D eigenvalue weighted by atomic mass is 16.3. The molecule has 1 N–H and O–H groups in total. The van der Waals surface area contributed by atoms with Crippen LogP contribution in [0, 0.1) is 0 Å². The molecular formula is C8H16O. The topological polar surface area (TPSA) is 20.2 Å². The number of allylic oxidation sites excluding steroid dienone is 2. The normalized spacial score (nSPS) is 12.0. The molecule has 0 saturated heterocycles. The average molecular weight is 128 g/mol. The predicted octanol–water partition coefficient (Wildman–Crippen LogP) is 3.03. The molecule has 0 aromatic carbocycles. The van der Waals surface area contributed by atoms with Gasteiger partial charge in [0.25, 0.3) is 0 Å². The number of aliphatic hydroxyl groups is 1. The standard InChI is InChI=1S/C8H16O/c1-3-5-6-7-8(9)4-2/h4,9H,3,5-7H2,1-2H3. The Morgan fingerprint density at radius 3 is 2.56 bits per heavy atom. The first-order chi connectivity index (χ1) is 4.31. The van der Waals surface area contributed by atoms with Gasteiger partial charge in [0.2, 0.25) is 0 Å². The largest absolute Gasteiger partial charge is 0.513 e. The zero-order chi connectivity index (χ0) is 7.11. The van der Waals surface area contributed by atoms with Crippen LogP contribution in [0.3, 0.4) is 0 Å². The minimum Gasteiger partial charge on any atom is -0.513 e. The molecule has 0 aliphatic carbocycles. The van der Waals surface area contributed by atoms with Crippen molar-refractivity contribution in [1.82, 2.24) is 0 Å².